The minimum atomic E-state index is -0.903. The van der Waals surface area contributed by atoms with Gasteiger partial charge in [0.25, 0.3) is 0 Å². The Kier molecular flexibility index (Phi) is 8.26. The van der Waals surface area contributed by atoms with Gasteiger partial charge in [-0.15, -0.1) is 0 Å². The molecule has 0 heterocycles. The summed E-state index contributed by atoms with van der Waals surface area (Å²) in [6, 6.07) is 10.9. The van der Waals surface area contributed by atoms with Crippen LogP contribution in [0.2, 0.25) is 0 Å². The first-order valence-corrected chi connectivity index (χ1v) is 9.18. The fraction of sp³-hybridized carbons (Fsp3) is 0.476. The Hall–Kier alpha value is -2.07. The number of carbonyl (C=O) groups is 1. The predicted octanol–water partition coefficient (Wildman–Crippen LogP) is 5.29. The quantitative estimate of drug-likeness (QED) is 0.531. The van der Waals surface area contributed by atoms with Crippen molar-refractivity contribution in [1.82, 2.24) is 0 Å². The van der Waals surface area contributed by atoms with E-state index in [0.717, 1.165) is 49.2 Å². The molecule has 4 nitrogen and oxygen atoms in total. The first kappa shape index (κ1) is 19.3. The molecule has 0 spiro atoms. The lowest BCUT2D eigenvalue weighted by Gasteiger charge is -2.08. The molecule has 2 rings (SSSR count). The second kappa shape index (κ2) is 10.7. The molecule has 0 aromatic heterocycles. The predicted molar refractivity (Wildman–Crippen MR) is 101 cm³/mol. The molecular weight excluding hydrogens is 316 g/mol. The Morgan fingerprint density at radius 2 is 1.52 bits per heavy atom. The smallest absolute Gasteiger partial charge is 0.335 e. The summed E-state index contributed by atoms with van der Waals surface area (Å²) in [5.74, 6) is -0.0626. The van der Waals surface area contributed by atoms with Crippen LogP contribution >= 0.6 is 0 Å². The maximum atomic E-state index is 11.0. The monoisotopic (exact) mass is 344 g/mol. The van der Waals surface area contributed by atoms with Crippen LogP contribution in [0.25, 0.3) is 10.8 Å². The van der Waals surface area contributed by atoms with Crippen LogP contribution in [0.3, 0.4) is 0 Å². The van der Waals surface area contributed by atoms with Crippen LogP contribution in [0.4, 0.5) is 0 Å². The van der Waals surface area contributed by atoms with E-state index < -0.39 is 5.97 Å². The molecule has 0 fully saturated rings. The molecule has 0 aliphatic carbocycles. The van der Waals surface area contributed by atoms with Gasteiger partial charge in [-0.3, -0.25) is 0 Å². The minimum absolute atomic E-state index is 0.308. The highest BCUT2D eigenvalue weighted by Crippen LogP contribution is 2.22. The zero-order valence-electron chi connectivity index (χ0n) is 15.0. The second-order valence-corrected chi connectivity index (χ2v) is 6.20. The number of unbranched alkanes of at least 4 members (excludes halogenated alkanes) is 5. The van der Waals surface area contributed by atoms with Gasteiger partial charge < -0.3 is 14.6 Å². The number of benzene rings is 2. The molecule has 1 N–H and O–H groups in total. The molecular formula is C21H28O4. The molecule has 4 heteroatoms. The summed E-state index contributed by atoms with van der Waals surface area (Å²) in [6.45, 7) is 4.45. The number of rotatable bonds is 12. The van der Waals surface area contributed by atoms with Crippen molar-refractivity contribution in [2.75, 3.05) is 19.8 Å². The highest BCUT2D eigenvalue weighted by atomic mass is 16.5. The molecule has 0 radical (unpaired) electrons. The number of fused-ring (bicyclic) bond motifs is 1. The molecule has 0 saturated heterocycles. The third kappa shape index (κ3) is 6.75. The Morgan fingerprint density at radius 1 is 0.880 bits per heavy atom. The topological polar surface area (TPSA) is 55.8 Å². The molecule has 0 saturated carbocycles. The standard InChI is InChI=1S/C21H28O4/c1-2-24-13-7-5-3-4-6-8-14-25-20-12-11-17-15-19(21(22)23)10-9-18(17)16-20/h9-12,15-16H,2-8,13-14H2,1H3,(H,22,23). The zero-order chi connectivity index (χ0) is 17.9. The van der Waals surface area contributed by atoms with Gasteiger partial charge in [0.1, 0.15) is 5.75 Å². The van der Waals surface area contributed by atoms with Crippen LogP contribution in [0.5, 0.6) is 5.75 Å². The number of carboxylic acid groups (broad SMARTS) is 1. The van der Waals surface area contributed by atoms with E-state index in [1.54, 1.807) is 12.1 Å². The molecule has 25 heavy (non-hydrogen) atoms. The van der Waals surface area contributed by atoms with Gasteiger partial charge in [-0.2, -0.15) is 0 Å². The van der Waals surface area contributed by atoms with E-state index >= 15 is 0 Å². The lowest BCUT2D eigenvalue weighted by molar-refractivity contribution is 0.0697. The van der Waals surface area contributed by atoms with E-state index in [-0.39, 0.29) is 0 Å². The lowest BCUT2D eigenvalue weighted by Crippen LogP contribution is -1.98. The molecule has 0 atom stereocenters. The first-order chi connectivity index (χ1) is 12.2. The molecule has 0 unspecified atom stereocenters. The van der Waals surface area contributed by atoms with Gasteiger partial charge in [-0.1, -0.05) is 37.8 Å². The Bertz CT molecular complexity index is 666. The van der Waals surface area contributed by atoms with Crippen molar-refractivity contribution in [3.63, 3.8) is 0 Å². The van der Waals surface area contributed by atoms with Crippen molar-refractivity contribution in [2.24, 2.45) is 0 Å². The average molecular weight is 344 g/mol. The molecule has 0 aliphatic heterocycles. The summed E-state index contributed by atoms with van der Waals surface area (Å²) < 4.78 is 11.1. The summed E-state index contributed by atoms with van der Waals surface area (Å²) in [5.41, 5.74) is 0.308. The van der Waals surface area contributed by atoms with E-state index in [0.29, 0.717) is 5.56 Å². The third-order valence-electron chi connectivity index (χ3n) is 4.21. The largest absolute Gasteiger partial charge is 0.494 e. The van der Waals surface area contributed by atoms with E-state index in [1.165, 1.54) is 25.7 Å². The molecule has 136 valence electrons. The molecule has 0 bridgehead atoms. The van der Waals surface area contributed by atoms with Crippen molar-refractivity contribution in [3.8, 4) is 5.75 Å². The Balaban J connectivity index is 1.66. The van der Waals surface area contributed by atoms with Gasteiger partial charge >= 0.3 is 5.97 Å². The van der Waals surface area contributed by atoms with Crippen LogP contribution in [-0.4, -0.2) is 30.9 Å². The maximum Gasteiger partial charge on any atom is 0.335 e. The number of hydrogen-bond acceptors (Lipinski definition) is 3. The van der Waals surface area contributed by atoms with Crippen LogP contribution in [0.15, 0.2) is 36.4 Å². The number of ether oxygens (including phenoxy) is 2. The minimum Gasteiger partial charge on any atom is -0.494 e. The van der Waals surface area contributed by atoms with Crippen LogP contribution < -0.4 is 4.74 Å². The third-order valence-corrected chi connectivity index (χ3v) is 4.21. The number of hydrogen-bond donors (Lipinski definition) is 1. The fourth-order valence-electron chi connectivity index (χ4n) is 2.79. The fourth-order valence-corrected chi connectivity index (χ4v) is 2.79. The molecule has 2 aromatic carbocycles. The zero-order valence-corrected chi connectivity index (χ0v) is 15.0. The van der Waals surface area contributed by atoms with Crippen LogP contribution in [-0.2, 0) is 4.74 Å². The average Bonchev–Trinajstić information content (AvgIpc) is 2.62. The number of carboxylic acids is 1. The SMILES string of the molecule is CCOCCCCCCCCOc1ccc2cc(C(=O)O)ccc2c1. The van der Waals surface area contributed by atoms with Crippen molar-refractivity contribution < 1.29 is 19.4 Å². The Labute approximate surface area is 149 Å². The van der Waals surface area contributed by atoms with Crippen molar-refractivity contribution >= 4 is 16.7 Å². The Morgan fingerprint density at radius 3 is 2.24 bits per heavy atom. The van der Waals surface area contributed by atoms with E-state index in [2.05, 4.69) is 0 Å². The van der Waals surface area contributed by atoms with Gasteiger partial charge in [0.15, 0.2) is 0 Å². The molecule has 2 aromatic rings. The molecule has 0 amide bonds. The summed E-state index contributed by atoms with van der Waals surface area (Å²) in [4.78, 5) is 11.0. The highest BCUT2D eigenvalue weighted by molar-refractivity contribution is 5.94. The lowest BCUT2D eigenvalue weighted by atomic mass is 10.1. The number of aromatic carboxylic acids is 1. The van der Waals surface area contributed by atoms with Gasteiger partial charge in [0.2, 0.25) is 0 Å². The summed E-state index contributed by atoms with van der Waals surface area (Å²) in [6.07, 6.45) is 7.14. The van der Waals surface area contributed by atoms with E-state index in [1.807, 2.05) is 31.2 Å². The normalized spacial score (nSPS) is 10.9. The van der Waals surface area contributed by atoms with Crippen molar-refractivity contribution in [2.45, 2.75) is 45.4 Å². The maximum absolute atomic E-state index is 11.0. The van der Waals surface area contributed by atoms with Crippen LogP contribution in [0.1, 0.15) is 55.8 Å². The van der Waals surface area contributed by atoms with Gasteiger partial charge in [0, 0.05) is 13.2 Å². The van der Waals surface area contributed by atoms with E-state index in [4.69, 9.17) is 14.6 Å². The van der Waals surface area contributed by atoms with Gasteiger partial charge in [0.05, 0.1) is 12.2 Å². The van der Waals surface area contributed by atoms with Crippen molar-refractivity contribution in [3.05, 3.63) is 42.0 Å². The second-order valence-electron chi connectivity index (χ2n) is 6.20. The highest BCUT2D eigenvalue weighted by Gasteiger charge is 2.04. The van der Waals surface area contributed by atoms with Crippen molar-refractivity contribution in [1.29, 1.82) is 0 Å². The first-order valence-electron chi connectivity index (χ1n) is 9.18. The van der Waals surface area contributed by atoms with Crippen LogP contribution in [0, 0.1) is 0 Å². The summed E-state index contributed by atoms with van der Waals surface area (Å²) in [7, 11) is 0. The summed E-state index contributed by atoms with van der Waals surface area (Å²) >= 11 is 0. The van der Waals surface area contributed by atoms with E-state index in [9.17, 15) is 4.79 Å². The molecule has 0 aliphatic rings. The van der Waals surface area contributed by atoms with Gasteiger partial charge in [-0.25, -0.2) is 4.79 Å². The summed E-state index contributed by atoms with van der Waals surface area (Å²) in [5, 5.41) is 10.9. The van der Waals surface area contributed by atoms with Gasteiger partial charge in [-0.05, 0) is 54.8 Å².